The number of H-pyrrole nitrogens is 1. The molecule has 2 fully saturated rings. The van der Waals surface area contributed by atoms with E-state index in [0.717, 1.165) is 24.1 Å². The van der Waals surface area contributed by atoms with Crippen molar-refractivity contribution in [3.05, 3.63) is 47.5 Å². The fourth-order valence-corrected chi connectivity index (χ4v) is 4.24. The summed E-state index contributed by atoms with van der Waals surface area (Å²) < 4.78 is 19.5. The first-order valence-electron chi connectivity index (χ1n) is 9.96. The number of carbonyl (C=O) groups is 1. The van der Waals surface area contributed by atoms with Gasteiger partial charge in [0.1, 0.15) is 6.10 Å². The maximum Gasteiger partial charge on any atom is 0.257 e. The van der Waals surface area contributed by atoms with Crippen LogP contribution in [0.15, 0.2) is 30.5 Å². The number of hydrogen-bond acceptors (Lipinski definition) is 3. The van der Waals surface area contributed by atoms with Crippen molar-refractivity contribution in [3.8, 4) is 5.75 Å². The van der Waals surface area contributed by atoms with Gasteiger partial charge in [-0.15, -0.1) is 0 Å². The number of ether oxygens (including phenoxy) is 1. The predicted molar refractivity (Wildman–Crippen MR) is 100 cm³/mol. The van der Waals surface area contributed by atoms with E-state index < -0.39 is 0 Å². The van der Waals surface area contributed by atoms with Crippen molar-refractivity contribution >= 4 is 5.91 Å². The zero-order chi connectivity index (χ0) is 18.6. The molecule has 1 N–H and O–H groups in total. The molecule has 1 saturated carbocycles. The summed E-state index contributed by atoms with van der Waals surface area (Å²) in [7, 11) is 0. The maximum atomic E-state index is 13.8. The lowest BCUT2D eigenvalue weighted by Crippen LogP contribution is -2.42. The fourth-order valence-electron chi connectivity index (χ4n) is 4.24. The molecule has 1 aliphatic carbocycles. The van der Waals surface area contributed by atoms with Gasteiger partial charge in [0, 0.05) is 31.8 Å². The molecule has 1 aromatic heterocycles. The number of halogens is 1. The quantitative estimate of drug-likeness (QED) is 0.873. The monoisotopic (exact) mass is 371 g/mol. The highest BCUT2D eigenvalue weighted by atomic mass is 19.1. The first kappa shape index (κ1) is 18.0. The highest BCUT2D eigenvalue weighted by Crippen LogP contribution is 2.33. The topological polar surface area (TPSA) is 58.2 Å². The predicted octanol–water partition coefficient (Wildman–Crippen LogP) is 4.28. The van der Waals surface area contributed by atoms with Crippen LogP contribution in [0.2, 0.25) is 0 Å². The van der Waals surface area contributed by atoms with Crippen molar-refractivity contribution in [1.82, 2.24) is 15.1 Å². The Balaban J connectivity index is 1.37. The van der Waals surface area contributed by atoms with E-state index in [1.807, 2.05) is 4.90 Å². The zero-order valence-electron chi connectivity index (χ0n) is 15.5. The number of nitrogens with zero attached hydrogens (tertiary/aromatic N) is 2. The molecule has 1 aliphatic heterocycles. The summed E-state index contributed by atoms with van der Waals surface area (Å²) >= 11 is 0. The van der Waals surface area contributed by atoms with Crippen LogP contribution in [0.3, 0.4) is 0 Å². The molecule has 6 heteroatoms. The van der Waals surface area contributed by atoms with E-state index in [9.17, 15) is 9.18 Å². The lowest BCUT2D eigenvalue weighted by atomic mass is 9.85. The first-order valence-corrected chi connectivity index (χ1v) is 9.96. The second kappa shape index (κ2) is 8.11. The van der Waals surface area contributed by atoms with Crippen LogP contribution in [-0.4, -0.2) is 40.2 Å². The van der Waals surface area contributed by atoms with E-state index >= 15 is 0 Å². The molecule has 1 saturated heterocycles. The van der Waals surface area contributed by atoms with E-state index in [0.29, 0.717) is 31.8 Å². The van der Waals surface area contributed by atoms with E-state index in [4.69, 9.17) is 4.74 Å². The number of aromatic amines is 1. The normalized spacial score (nSPS) is 19.2. The summed E-state index contributed by atoms with van der Waals surface area (Å²) in [5, 5.41) is 7.23. The Morgan fingerprint density at radius 2 is 1.85 bits per heavy atom. The number of piperidine rings is 1. The van der Waals surface area contributed by atoms with Crippen LogP contribution in [0.5, 0.6) is 5.75 Å². The molecular formula is C21H26FN3O2. The Kier molecular flexibility index (Phi) is 5.41. The minimum absolute atomic E-state index is 0.0497. The third-order valence-electron chi connectivity index (χ3n) is 5.77. The van der Waals surface area contributed by atoms with Gasteiger partial charge in [-0.05, 0) is 25.0 Å². The molecule has 2 aromatic rings. The number of aromatic nitrogens is 2. The maximum absolute atomic E-state index is 13.8. The average Bonchev–Trinajstić information content (AvgIpc) is 3.20. The first-order chi connectivity index (χ1) is 13.2. The molecule has 0 radical (unpaired) electrons. The molecular weight excluding hydrogens is 345 g/mol. The fraction of sp³-hybridized carbons (Fsp3) is 0.524. The molecule has 5 nitrogen and oxygen atoms in total. The van der Waals surface area contributed by atoms with E-state index in [-0.39, 0.29) is 23.6 Å². The lowest BCUT2D eigenvalue weighted by molar-refractivity contribution is 0.0587. The van der Waals surface area contributed by atoms with Gasteiger partial charge in [-0.25, -0.2) is 4.39 Å². The lowest BCUT2D eigenvalue weighted by Gasteiger charge is -2.32. The number of nitrogens with one attached hydrogen (secondary N) is 1. The minimum atomic E-state index is -0.341. The van der Waals surface area contributed by atoms with Gasteiger partial charge in [0.05, 0.1) is 17.5 Å². The minimum Gasteiger partial charge on any atom is -0.487 e. The second-order valence-corrected chi connectivity index (χ2v) is 7.57. The van der Waals surface area contributed by atoms with Gasteiger partial charge in [0.2, 0.25) is 0 Å². The molecule has 144 valence electrons. The Bertz CT molecular complexity index is 777. The standard InChI is InChI=1S/C21H26FN3O2/c22-18-8-4-5-9-19(18)27-16-10-12-25(13-11-16)21(26)17-14-23-24-20(17)15-6-2-1-3-7-15/h4-5,8-9,14-16H,1-3,6-7,10-13H2,(H,23,24). The van der Waals surface area contributed by atoms with Crippen molar-refractivity contribution in [3.63, 3.8) is 0 Å². The van der Waals surface area contributed by atoms with Crippen LogP contribution in [0.1, 0.15) is 66.9 Å². The zero-order valence-corrected chi connectivity index (χ0v) is 15.5. The summed E-state index contributed by atoms with van der Waals surface area (Å²) in [5.41, 5.74) is 1.72. The molecule has 0 unspecified atom stereocenters. The van der Waals surface area contributed by atoms with E-state index in [1.165, 1.54) is 25.3 Å². The van der Waals surface area contributed by atoms with Gasteiger partial charge in [0.25, 0.3) is 5.91 Å². The van der Waals surface area contributed by atoms with Crippen LogP contribution in [0, 0.1) is 5.82 Å². The Labute approximate surface area is 158 Å². The SMILES string of the molecule is O=C(c1cn[nH]c1C1CCCCC1)N1CCC(Oc2ccccc2F)CC1. The molecule has 4 rings (SSSR count). The van der Waals surface area contributed by atoms with Crippen LogP contribution in [0.25, 0.3) is 0 Å². The van der Waals surface area contributed by atoms with Crippen molar-refractivity contribution in [2.75, 3.05) is 13.1 Å². The number of para-hydroxylation sites is 1. The van der Waals surface area contributed by atoms with Gasteiger partial charge in [-0.1, -0.05) is 31.4 Å². The Hall–Kier alpha value is -2.37. The van der Waals surface area contributed by atoms with Gasteiger partial charge >= 0.3 is 0 Å². The van der Waals surface area contributed by atoms with E-state index in [1.54, 1.807) is 24.4 Å². The molecule has 0 atom stereocenters. The number of hydrogen-bond donors (Lipinski definition) is 1. The molecule has 27 heavy (non-hydrogen) atoms. The average molecular weight is 371 g/mol. The van der Waals surface area contributed by atoms with Crippen molar-refractivity contribution in [1.29, 1.82) is 0 Å². The number of carbonyl (C=O) groups excluding carboxylic acids is 1. The Morgan fingerprint density at radius 3 is 2.59 bits per heavy atom. The largest absolute Gasteiger partial charge is 0.487 e. The third kappa shape index (κ3) is 3.99. The highest BCUT2D eigenvalue weighted by molar-refractivity contribution is 5.95. The summed E-state index contributed by atoms with van der Waals surface area (Å²) in [6.45, 7) is 1.24. The second-order valence-electron chi connectivity index (χ2n) is 7.57. The molecule has 2 heterocycles. The van der Waals surface area contributed by atoms with Crippen molar-refractivity contribution in [2.45, 2.75) is 57.0 Å². The van der Waals surface area contributed by atoms with Gasteiger partial charge in [-0.3, -0.25) is 9.89 Å². The molecule has 2 aliphatic rings. The summed E-state index contributed by atoms with van der Waals surface area (Å²) in [4.78, 5) is 14.9. The van der Waals surface area contributed by atoms with Gasteiger partial charge in [-0.2, -0.15) is 5.10 Å². The summed E-state index contributed by atoms with van der Waals surface area (Å²) in [5.74, 6) is 0.416. The van der Waals surface area contributed by atoms with Crippen LogP contribution < -0.4 is 4.74 Å². The summed E-state index contributed by atoms with van der Waals surface area (Å²) in [6, 6.07) is 6.47. The smallest absolute Gasteiger partial charge is 0.257 e. The third-order valence-corrected chi connectivity index (χ3v) is 5.77. The van der Waals surface area contributed by atoms with E-state index in [2.05, 4.69) is 10.2 Å². The van der Waals surface area contributed by atoms with Crippen LogP contribution in [0.4, 0.5) is 4.39 Å². The number of rotatable bonds is 4. The van der Waals surface area contributed by atoms with Crippen molar-refractivity contribution in [2.24, 2.45) is 0 Å². The van der Waals surface area contributed by atoms with Gasteiger partial charge < -0.3 is 9.64 Å². The van der Waals surface area contributed by atoms with Crippen molar-refractivity contribution < 1.29 is 13.9 Å². The molecule has 1 aromatic carbocycles. The highest BCUT2D eigenvalue weighted by Gasteiger charge is 2.29. The summed E-state index contributed by atoms with van der Waals surface area (Å²) in [6.07, 6.45) is 8.99. The molecule has 0 spiro atoms. The van der Waals surface area contributed by atoms with Gasteiger partial charge in [0.15, 0.2) is 11.6 Å². The Morgan fingerprint density at radius 1 is 1.11 bits per heavy atom. The van der Waals surface area contributed by atoms with Crippen LogP contribution >= 0.6 is 0 Å². The molecule has 0 bridgehead atoms. The molecule has 1 amide bonds. The van der Waals surface area contributed by atoms with Crippen LogP contribution in [-0.2, 0) is 0 Å². The number of likely N-dealkylation sites (tertiary alicyclic amines) is 1. The number of amides is 1. The number of benzene rings is 1.